The SMILES string of the molecule is [N-]=[N+]=Nc1cc2cc(O)c(O)cc2oc1=O. The maximum absolute atomic E-state index is 11.2. The van der Waals surface area contributed by atoms with Gasteiger partial charge in [0.15, 0.2) is 11.5 Å². The Hall–Kier alpha value is -2.66. The smallest absolute Gasteiger partial charge is 0.345 e. The summed E-state index contributed by atoms with van der Waals surface area (Å²) in [5, 5.41) is 21.9. The van der Waals surface area contributed by atoms with Crippen LogP contribution < -0.4 is 5.63 Å². The third-order valence-corrected chi connectivity index (χ3v) is 1.96. The van der Waals surface area contributed by atoms with E-state index in [2.05, 4.69) is 10.0 Å². The van der Waals surface area contributed by atoms with Crippen LogP contribution in [-0.4, -0.2) is 10.2 Å². The fourth-order valence-electron chi connectivity index (χ4n) is 1.25. The normalized spacial score (nSPS) is 10.0. The number of phenolic OH excluding ortho intramolecular Hbond substituents is 2. The van der Waals surface area contributed by atoms with E-state index in [1.807, 2.05) is 0 Å². The molecule has 1 aromatic carbocycles. The Bertz CT molecular complexity index is 670. The second kappa shape index (κ2) is 3.48. The van der Waals surface area contributed by atoms with Crippen molar-refractivity contribution >= 4 is 16.7 Å². The molecular formula is C9H5N3O4. The van der Waals surface area contributed by atoms with Crippen LogP contribution in [0.1, 0.15) is 0 Å². The Kier molecular flexibility index (Phi) is 2.15. The molecule has 7 heteroatoms. The lowest BCUT2D eigenvalue weighted by Gasteiger charge is -2.00. The van der Waals surface area contributed by atoms with Gasteiger partial charge < -0.3 is 14.6 Å². The number of fused-ring (bicyclic) bond motifs is 1. The summed E-state index contributed by atoms with van der Waals surface area (Å²) in [7, 11) is 0. The minimum atomic E-state index is -0.810. The first-order chi connectivity index (χ1) is 7.61. The molecule has 0 aliphatic heterocycles. The molecule has 2 aromatic rings. The third-order valence-electron chi connectivity index (χ3n) is 1.96. The highest BCUT2D eigenvalue weighted by Crippen LogP contribution is 2.30. The van der Waals surface area contributed by atoms with Gasteiger partial charge >= 0.3 is 5.63 Å². The number of hydrogen-bond donors (Lipinski definition) is 2. The number of rotatable bonds is 1. The molecule has 0 aliphatic rings. The molecule has 0 saturated carbocycles. The quantitative estimate of drug-likeness (QED) is 0.251. The second-order valence-electron chi connectivity index (χ2n) is 2.99. The van der Waals surface area contributed by atoms with Crippen LogP contribution in [0, 0.1) is 0 Å². The number of azide groups is 1. The van der Waals surface area contributed by atoms with Gasteiger partial charge in [-0.3, -0.25) is 0 Å². The van der Waals surface area contributed by atoms with Gasteiger partial charge in [-0.2, -0.15) is 0 Å². The standard InChI is InChI=1S/C9H5N3O4/c10-12-11-5-1-4-2-6(13)7(14)3-8(4)16-9(5)15/h1-3,13-14H. The lowest BCUT2D eigenvalue weighted by atomic mass is 10.2. The number of benzene rings is 1. The third kappa shape index (κ3) is 1.51. The molecule has 0 radical (unpaired) electrons. The largest absolute Gasteiger partial charge is 0.504 e. The first kappa shape index (κ1) is 9.88. The summed E-state index contributed by atoms with van der Waals surface area (Å²) in [6.07, 6.45) is 0. The molecule has 0 amide bonds. The maximum Gasteiger partial charge on any atom is 0.345 e. The van der Waals surface area contributed by atoms with Crippen molar-refractivity contribution in [1.29, 1.82) is 0 Å². The van der Waals surface area contributed by atoms with Gasteiger partial charge in [-0.15, -0.1) is 0 Å². The van der Waals surface area contributed by atoms with E-state index >= 15 is 0 Å². The maximum atomic E-state index is 11.2. The molecule has 0 saturated heterocycles. The summed E-state index contributed by atoms with van der Waals surface area (Å²) in [6, 6.07) is 3.57. The molecule has 1 heterocycles. The lowest BCUT2D eigenvalue weighted by Crippen LogP contribution is -1.96. The van der Waals surface area contributed by atoms with Crippen LogP contribution in [0.15, 0.2) is 32.5 Å². The minimum Gasteiger partial charge on any atom is -0.504 e. The van der Waals surface area contributed by atoms with Gasteiger partial charge in [0.2, 0.25) is 0 Å². The van der Waals surface area contributed by atoms with Gasteiger partial charge in [-0.05, 0) is 17.7 Å². The molecule has 0 fully saturated rings. The summed E-state index contributed by atoms with van der Waals surface area (Å²) >= 11 is 0. The van der Waals surface area contributed by atoms with E-state index in [1.54, 1.807) is 0 Å². The topological polar surface area (TPSA) is 119 Å². The molecule has 0 aliphatic carbocycles. The molecule has 7 nitrogen and oxygen atoms in total. The van der Waals surface area contributed by atoms with Crippen molar-refractivity contribution in [3.05, 3.63) is 39.1 Å². The van der Waals surface area contributed by atoms with Crippen molar-refractivity contribution in [3.63, 3.8) is 0 Å². The monoisotopic (exact) mass is 219 g/mol. The predicted molar refractivity (Wildman–Crippen MR) is 54.6 cm³/mol. The van der Waals surface area contributed by atoms with Crippen LogP contribution >= 0.6 is 0 Å². The van der Waals surface area contributed by atoms with Crippen molar-refractivity contribution in [2.24, 2.45) is 5.11 Å². The Balaban J connectivity index is 2.84. The van der Waals surface area contributed by atoms with Crippen molar-refractivity contribution < 1.29 is 14.6 Å². The lowest BCUT2D eigenvalue weighted by molar-refractivity contribution is 0.403. The summed E-state index contributed by atoms with van der Waals surface area (Å²) < 4.78 is 4.79. The first-order valence-corrected chi connectivity index (χ1v) is 4.17. The van der Waals surface area contributed by atoms with Gasteiger partial charge in [-0.25, -0.2) is 4.79 Å². The second-order valence-corrected chi connectivity index (χ2v) is 2.99. The molecule has 2 rings (SSSR count). The summed E-state index contributed by atoms with van der Waals surface area (Å²) in [5.41, 5.74) is 7.28. The molecule has 0 atom stereocenters. The van der Waals surface area contributed by atoms with Crippen molar-refractivity contribution in [1.82, 2.24) is 0 Å². The number of nitrogens with zero attached hydrogens (tertiary/aromatic N) is 3. The zero-order chi connectivity index (χ0) is 11.7. The highest BCUT2D eigenvalue weighted by Gasteiger charge is 2.07. The average molecular weight is 219 g/mol. The van der Waals surface area contributed by atoms with E-state index in [9.17, 15) is 15.0 Å². The van der Waals surface area contributed by atoms with Gasteiger partial charge in [-0.1, -0.05) is 5.11 Å². The summed E-state index contributed by atoms with van der Waals surface area (Å²) in [5.74, 6) is -0.750. The molecule has 2 N–H and O–H groups in total. The fourth-order valence-corrected chi connectivity index (χ4v) is 1.25. The van der Waals surface area contributed by atoms with E-state index in [1.165, 1.54) is 12.1 Å². The Morgan fingerprint density at radius 3 is 2.62 bits per heavy atom. The van der Waals surface area contributed by atoms with Crippen LogP contribution in [0.4, 0.5) is 5.69 Å². The van der Waals surface area contributed by atoms with Crippen molar-refractivity contribution in [3.8, 4) is 11.5 Å². The number of hydrogen-bond acceptors (Lipinski definition) is 5. The van der Waals surface area contributed by atoms with Crippen LogP contribution in [0.3, 0.4) is 0 Å². The van der Waals surface area contributed by atoms with Crippen LogP contribution in [-0.2, 0) is 0 Å². The van der Waals surface area contributed by atoms with E-state index in [0.29, 0.717) is 5.39 Å². The van der Waals surface area contributed by atoms with Gasteiger partial charge in [0.1, 0.15) is 11.3 Å². The van der Waals surface area contributed by atoms with E-state index in [0.717, 1.165) is 6.07 Å². The predicted octanol–water partition coefficient (Wildman–Crippen LogP) is 2.15. The molecule has 0 bridgehead atoms. The molecule has 1 aromatic heterocycles. The Morgan fingerprint density at radius 2 is 1.94 bits per heavy atom. The zero-order valence-electron chi connectivity index (χ0n) is 7.78. The average Bonchev–Trinajstić information content (AvgIpc) is 2.23. The van der Waals surface area contributed by atoms with Gasteiger partial charge in [0, 0.05) is 16.4 Å². The van der Waals surface area contributed by atoms with Gasteiger partial charge in [0.25, 0.3) is 0 Å². The fraction of sp³-hybridized carbons (Fsp3) is 0. The molecule has 0 spiro atoms. The van der Waals surface area contributed by atoms with Crippen molar-refractivity contribution in [2.75, 3.05) is 0 Å². The van der Waals surface area contributed by atoms with Crippen LogP contribution in [0.2, 0.25) is 0 Å². The Morgan fingerprint density at radius 1 is 1.25 bits per heavy atom. The number of aromatic hydroxyl groups is 2. The van der Waals surface area contributed by atoms with Crippen LogP contribution in [0.25, 0.3) is 21.4 Å². The van der Waals surface area contributed by atoms with E-state index in [4.69, 9.17) is 9.95 Å². The van der Waals surface area contributed by atoms with Crippen LogP contribution in [0.5, 0.6) is 11.5 Å². The van der Waals surface area contributed by atoms with E-state index < -0.39 is 11.4 Å². The minimum absolute atomic E-state index is 0.0946. The first-order valence-electron chi connectivity index (χ1n) is 4.17. The molecule has 0 unspecified atom stereocenters. The summed E-state index contributed by atoms with van der Waals surface area (Å²) in [4.78, 5) is 13.7. The van der Waals surface area contributed by atoms with E-state index in [-0.39, 0.29) is 17.0 Å². The highest BCUT2D eigenvalue weighted by molar-refractivity contribution is 5.82. The summed E-state index contributed by atoms with van der Waals surface area (Å²) in [6.45, 7) is 0. The Labute approximate surface area is 87.8 Å². The molecule has 16 heavy (non-hydrogen) atoms. The molecule has 80 valence electrons. The molecular weight excluding hydrogens is 214 g/mol. The zero-order valence-corrected chi connectivity index (χ0v) is 7.78. The van der Waals surface area contributed by atoms with Gasteiger partial charge in [0.05, 0.1) is 0 Å². The highest BCUT2D eigenvalue weighted by atomic mass is 16.4. The van der Waals surface area contributed by atoms with Crippen molar-refractivity contribution in [2.45, 2.75) is 0 Å². The number of phenols is 2.